The second-order valence-corrected chi connectivity index (χ2v) is 8.84. The van der Waals surface area contributed by atoms with E-state index in [1.165, 1.54) is 0 Å². The zero-order valence-electron chi connectivity index (χ0n) is 17.9. The highest BCUT2D eigenvalue weighted by atomic mass is 16.2. The van der Waals surface area contributed by atoms with Gasteiger partial charge < -0.3 is 15.1 Å². The molecule has 3 rings (SSSR count). The van der Waals surface area contributed by atoms with Crippen LogP contribution >= 0.6 is 0 Å². The largest absolute Gasteiger partial charge is 0.352 e. The van der Waals surface area contributed by atoms with Crippen LogP contribution in [0, 0.1) is 0 Å². The van der Waals surface area contributed by atoms with E-state index >= 15 is 0 Å². The van der Waals surface area contributed by atoms with Crippen molar-refractivity contribution in [3.8, 4) is 0 Å². The first-order chi connectivity index (χ1) is 13.7. The van der Waals surface area contributed by atoms with Gasteiger partial charge in [-0.05, 0) is 58.3 Å². The normalized spacial score (nSPS) is 24.7. The van der Waals surface area contributed by atoms with Crippen LogP contribution in [0.5, 0.6) is 0 Å². The lowest BCUT2D eigenvalue weighted by Gasteiger charge is -2.46. The minimum absolute atomic E-state index is 0.00157. The van der Waals surface area contributed by atoms with Crippen molar-refractivity contribution in [3.05, 3.63) is 23.9 Å². The highest BCUT2D eigenvalue weighted by Crippen LogP contribution is 2.33. The number of allylic oxidation sites excluding steroid dienone is 2. The van der Waals surface area contributed by atoms with Crippen molar-refractivity contribution in [1.82, 2.24) is 15.1 Å². The van der Waals surface area contributed by atoms with Gasteiger partial charge in [0.15, 0.2) is 0 Å². The van der Waals surface area contributed by atoms with Gasteiger partial charge in [-0.25, -0.2) is 0 Å². The van der Waals surface area contributed by atoms with Crippen LogP contribution in [-0.2, 0) is 14.4 Å². The third-order valence-electron chi connectivity index (χ3n) is 5.86. The molecule has 0 aromatic rings. The summed E-state index contributed by atoms with van der Waals surface area (Å²) < 4.78 is 0. The Morgan fingerprint density at radius 2 is 2.00 bits per heavy atom. The number of amides is 3. The highest BCUT2D eigenvalue weighted by molar-refractivity contribution is 6.10. The van der Waals surface area contributed by atoms with Crippen molar-refractivity contribution in [2.75, 3.05) is 6.54 Å². The molecule has 1 N–H and O–H groups in total. The van der Waals surface area contributed by atoms with E-state index < -0.39 is 5.54 Å². The highest BCUT2D eigenvalue weighted by Gasteiger charge is 2.48. The summed E-state index contributed by atoms with van der Waals surface area (Å²) in [5.41, 5.74) is -0.109. The number of carbonyl (C=O) groups excluding carboxylic acids is 3. The number of hydrogen-bond acceptors (Lipinski definition) is 4. The maximum absolute atomic E-state index is 13.9. The van der Waals surface area contributed by atoms with Gasteiger partial charge >= 0.3 is 0 Å². The summed E-state index contributed by atoms with van der Waals surface area (Å²) in [6.07, 6.45) is 10.6. The topological polar surface area (TPSA) is 82.1 Å². The Morgan fingerprint density at radius 3 is 2.66 bits per heavy atom. The molecule has 1 saturated carbocycles. The van der Waals surface area contributed by atoms with E-state index in [1.54, 1.807) is 16.7 Å². The molecular weight excluding hydrogens is 368 g/mol. The number of fused-ring (bicyclic) bond motifs is 1. The zero-order valence-corrected chi connectivity index (χ0v) is 17.9. The molecule has 0 bridgehead atoms. The second kappa shape index (κ2) is 8.51. The molecule has 1 fully saturated rings. The number of hydrogen-bond donors (Lipinski definition) is 1. The average molecular weight is 401 g/mol. The summed E-state index contributed by atoms with van der Waals surface area (Å²) in [4.78, 5) is 46.5. The summed E-state index contributed by atoms with van der Waals surface area (Å²) in [6, 6.07) is 0.0315. The predicted molar refractivity (Wildman–Crippen MR) is 112 cm³/mol. The summed E-state index contributed by atoms with van der Waals surface area (Å²) >= 11 is 0. The molecule has 0 unspecified atom stereocenters. The molecule has 3 aliphatic rings. The molecule has 2 heterocycles. The lowest BCUT2D eigenvalue weighted by atomic mass is 9.87. The lowest BCUT2D eigenvalue weighted by Crippen LogP contribution is -2.63. The maximum atomic E-state index is 13.9. The molecule has 7 nitrogen and oxygen atoms in total. The van der Waals surface area contributed by atoms with Gasteiger partial charge in [0.2, 0.25) is 11.8 Å². The van der Waals surface area contributed by atoms with Gasteiger partial charge in [0.1, 0.15) is 11.4 Å². The number of aliphatic imine (C=N–C) groups is 1. The Morgan fingerprint density at radius 1 is 1.31 bits per heavy atom. The molecule has 0 aromatic carbocycles. The van der Waals surface area contributed by atoms with Gasteiger partial charge in [0.25, 0.3) is 5.91 Å². The fourth-order valence-electron chi connectivity index (χ4n) is 4.41. The van der Waals surface area contributed by atoms with Crippen LogP contribution in [0.15, 0.2) is 28.9 Å². The fourth-order valence-corrected chi connectivity index (χ4v) is 4.41. The molecular formula is C22H32N4O3. The Kier molecular flexibility index (Phi) is 6.24. The van der Waals surface area contributed by atoms with Crippen molar-refractivity contribution >= 4 is 23.6 Å². The first kappa shape index (κ1) is 21.3. The Hall–Kier alpha value is -2.44. The molecule has 2 aliphatic heterocycles. The molecule has 29 heavy (non-hydrogen) atoms. The molecule has 7 heteroatoms. The van der Waals surface area contributed by atoms with Crippen molar-refractivity contribution < 1.29 is 14.4 Å². The lowest BCUT2D eigenvalue weighted by molar-refractivity contribution is -0.149. The molecule has 3 amide bonds. The van der Waals surface area contributed by atoms with E-state index in [2.05, 4.69) is 10.3 Å². The summed E-state index contributed by atoms with van der Waals surface area (Å²) in [7, 11) is 0. The fraction of sp³-hybridized carbons (Fsp3) is 0.636. The number of rotatable bonds is 5. The van der Waals surface area contributed by atoms with Crippen LogP contribution in [-0.4, -0.2) is 57.5 Å². The molecule has 158 valence electrons. The van der Waals surface area contributed by atoms with Crippen molar-refractivity contribution in [1.29, 1.82) is 0 Å². The number of amidine groups is 1. The number of nitrogens with one attached hydrogen (secondary N) is 1. The van der Waals surface area contributed by atoms with Crippen molar-refractivity contribution in [2.45, 2.75) is 83.8 Å². The third kappa shape index (κ3) is 4.60. The molecule has 1 aliphatic carbocycles. The van der Waals surface area contributed by atoms with E-state index in [9.17, 15) is 14.4 Å². The van der Waals surface area contributed by atoms with E-state index in [-0.39, 0.29) is 42.8 Å². The van der Waals surface area contributed by atoms with Crippen LogP contribution in [0.2, 0.25) is 0 Å². The van der Waals surface area contributed by atoms with Crippen molar-refractivity contribution in [3.63, 3.8) is 0 Å². The Bertz CT molecular complexity index is 777. The summed E-state index contributed by atoms with van der Waals surface area (Å²) in [5, 5.41) is 2.89. The van der Waals surface area contributed by atoms with Gasteiger partial charge in [-0.1, -0.05) is 19.3 Å². The van der Waals surface area contributed by atoms with Crippen LogP contribution in [0.4, 0.5) is 0 Å². The first-order valence-corrected chi connectivity index (χ1v) is 10.6. The van der Waals surface area contributed by atoms with E-state index in [0.29, 0.717) is 5.84 Å². The number of nitrogens with zero attached hydrogens (tertiary/aromatic N) is 3. The van der Waals surface area contributed by atoms with Gasteiger partial charge in [-0.3, -0.25) is 14.4 Å². The van der Waals surface area contributed by atoms with Gasteiger partial charge in [0, 0.05) is 18.3 Å². The smallest absolute Gasteiger partial charge is 0.250 e. The van der Waals surface area contributed by atoms with Crippen LogP contribution in [0.1, 0.15) is 66.2 Å². The van der Waals surface area contributed by atoms with E-state index in [1.807, 2.05) is 39.1 Å². The summed E-state index contributed by atoms with van der Waals surface area (Å²) in [5.74, 6) is -0.154. The summed E-state index contributed by atoms with van der Waals surface area (Å²) in [6.45, 7) is 7.55. The predicted octanol–water partition coefficient (Wildman–Crippen LogP) is 2.54. The van der Waals surface area contributed by atoms with Crippen LogP contribution < -0.4 is 5.32 Å². The molecule has 0 spiro atoms. The minimum Gasteiger partial charge on any atom is -0.352 e. The van der Waals surface area contributed by atoms with E-state index in [4.69, 9.17) is 0 Å². The van der Waals surface area contributed by atoms with Crippen molar-refractivity contribution in [2.24, 2.45) is 4.99 Å². The van der Waals surface area contributed by atoms with E-state index in [0.717, 1.165) is 37.7 Å². The minimum atomic E-state index is -1.09. The monoisotopic (exact) mass is 400 g/mol. The number of carbonyl (C=O) groups is 3. The second-order valence-electron chi connectivity index (χ2n) is 8.84. The average Bonchev–Trinajstić information content (AvgIpc) is 2.65. The molecule has 0 radical (unpaired) electrons. The Balaban J connectivity index is 1.91. The molecule has 0 aromatic heterocycles. The zero-order chi connectivity index (χ0) is 21.2. The Labute approximate surface area is 172 Å². The molecule has 1 atom stereocenters. The maximum Gasteiger partial charge on any atom is 0.250 e. The van der Waals surface area contributed by atoms with Gasteiger partial charge in [-0.15, -0.1) is 0 Å². The SMILES string of the molecule is CC1=CC2=NC(=O)C[C@](C)(C(=O)N(CC(=O)NC(C)C)C3CCCCC3)N2C=C1. The van der Waals surface area contributed by atoms with Gasteiger partial charge in [0.05, 0.1) is 13.0 Å². The first-order valence-electron chi connectivity index (χ1n) is 10.6. The standard InChI is InChI=1S/C22H32N4O3/c1-15(2)23-20(28)14-25(17-8-6-5-7-9-17)21(29)22(4)13-19(27)24-18-12-16(3)10-11-26(18)22/h10-12,15,17H,5-9,13-14H2,1-4H3,(H,23,28)/t22-/m1/s1. The third-order valence-corrected chi connectivity index (χ3v) is 5.86. The quantitative estimate of drug-likeness (QED) is 0.769. The van der Waals surface area contributed by atoms with Crippen LogP contribution in [0.25, 0.3) is 0 Å². The molecule has 0 saturated heterocycles. The van der Waals surface area contributed by atoms with Gasteiger partial charge in [-0.2, -0.15) is 4.99 Å². The van der Waals surface area contributed by atoms with Crippen LogP contribution in [0.3, 0.4) is 0 Å².